The van der Waals surface area contributed by atoms with Crippen molar-refractivity contribution in [3.05, 3.63) is 65.2 Å². The number of benzene rings is 2. The lowest BCUT2D eigenvalue weighted by molar-refractivity contribution is -0.151. The number of amides is 3. The monoisotopic (exact) mass is 408 g/mol. The molecule has 0 spiro atoms. The molecule has 30 heavy (non-hydrogen) atoms. The maximum Gasteiger partial charge on any atom is 0.329 e. The normalized spacial score (nSPS) is 13.7. The van der Waals surface area contributed by atoms with Crippen LogP contribution in [-0.2, 0) is 14.3 Å². The first kappa shape index (κ1) is 21.2. The molecule has 0 radical (unpaired) electrons. The summed E-state index contributed by atoms with van der Waals surface area (Å²) in [5.74, 6) is -2.29. The minimum absolute atomic E-state index is 0.272. The zero-order chi connectivity index (χ0) is 21.7. The molecule has 0 fully saturated rings. The average Bonchev–Trinajstić information content (AvgIpc) is 2.99. The van der Waals surface area contributed by atoms with Gasteiger partial charge in [-0.2, -0.15) is 0 Å². The van der Waals surface area contributed by atoms with Gasteiger partial charge in [-0.3, -0.25) is 19.3 Å². The van der Waals surface area contributed by atoms with Crippen LogP contribution in [0.15, 0.2) is 48.5 Å². The molecule has 0 aliphatic carbocycles. The standard InChI is InChI=1S/C23H24N2O5/c1-3-4-13-19(25-21(27)16-10-6-7-11-17(16)22(25)28)23(29)30-14-20(26)24-18-12-8-5-9-15(18)2/h5-12,19H,3-4,13-14H2,1-2H3,(H,24,26)/t19-/m0/s1. The number of hydrogen-bond donors (Lipinski definition) is 1. The fourth-order valence-corrected chi connectivity index (χ4v) is 3.37. The second-order valence-corrected chi connectivity index (χ2v) is 7.15. The second-order valence-electron chi connectivity index (χ2n) is 7.15. The molecule has 2 aromatic carbocycles. The summed E-state index contributed by atoms with van der Waals surface area (Å²) < 4.78 is 5.19. The molecule has 1 aliphatic rings. The molecule has 1 heterocycles. The number of nitrogens with one attached hydrogen (secondary N) is 1. The number of aryl methyl sites for hydroxylation is 1. The summed E-state index contributed by atoms with van der Waals surface area (Å²) in [7, 11) is 0. The van der Waals surface area contributed by atoms with Gasteiger partial charge in [0.05, 0.1) is 11.1 Å². The first-order valence-electron chi connectivity index (χ1n) is 9.93. The Morgan fingerprint density at radius 1 is 1.00 bits per heavy atom. The van der Waals surface area contributed by atoms with E-state index in [1.54, 1.807) is 36.4 Å². The molecule has 0 unspecified atom stereocenters. The van der Waals surface area contributed by atoms with Crippen LogP contribution in [-0.4, -0.2) is 41.2 Å². The Kier molecular flexibility index (Phi) is 6.61. The third kappa shape index (κ3) is 4.40. The van der Waals surface area contributed by atoms with Crippen LogP contribution in [0.1, 0.15) is 52.5 Å². The SMILES string of the molecule is CCCC[C@@H](C(=O)OCC(=O)Nc1ccccc1C)N1C(=O)c2ccccc2C1=O. The summed E-state index contributed by atoms with van der Waals surface area (Å²) in [6.45, 7) is 3.30. The van der Waals surface area contributed by atoms with Crippen molar-refractivity contribution < 1.29 is 23.9 Å². The van der Waals surface area contributed by atoms with Crippen LogP contribution < -0.4 is 5.32 Å². The summed E-state index contributed by atoms with van der Waals surface area (Å²) in [4.78, 5) is 51.4. The van der Waals surface area contributed by atoms with Gasteiger partial charge in [-0.25, -0.2) is 4.79 Å². The van der Waals surface area contributed by atoms with Crippen LogP contribution in [0.25, 0.3) is 0 Å². The molecule has 0 saturated carbocycles. The van der Waals surface area contributed by atoms with Crippen LogP contribution in [0.2, 0.25) is 0 Å². The van der Waals surface area contributed by atoms with Gasteiger partial charge in [0.1, 0.15) is 6.04 Å². The topological polar surface area (TPSA) is 92.8 Å². The third-order valence-corrected chi connectivity index (χ3v) is 5.01. The van der Waals surface area contributed by atoms with Crippen molar-refractivity contribution in [2.45, 2.75) is 39.2 Å². The molecule has 1 aliphatic heterocycles. The van der Waals surface area contributed by atoms with Gasteiger partial charge in [0.25, 0.3) is 17.7 Å². The van der Waals surface area contributed by atoms with E-state index in [0.29, 0.717) is 12.1 Å². The van der Waals surface area contributed by atoms with Gasteiger partial charge in [-0.05, 0) is 37.1 Å². The van der Waals surface area contributed by atoms with Crippen LogP contribution >= 0.6 is 0 Å². The Labute approximate surface area is 175 Å². The van der Waals surface area contributed by atoms with Gasteiger partial charge in [-0.1, -0.05) is 50.1 Å². The Bertz CT molecular complexity index is 950. The van der Waals surface area contributed by atoms with Gasteiger partial charge < -0.3 is 10.1 Å². The number of ether oxygens (including phenoxy) is 1. The lowest BCUT2D eigenvalue weighted by atomic mass is 10.1. The summed E-state index contributed by atoms with van der Waals surface area (Å²) in [5.41, 5.74) is 2.05. The largest absolute Gasteiger partial charge is 0.454 e. The van der Waals surface area contributed by atoms with Crippen LogP contribution in [0.3, 0.4) is 0 Å². The van der Waals surface area contributed by atoms with E-state index >= 15 is 0 Å². The van der Waals surface area contributed by atoms with E-state index in [2.05, 4.69) is 5.32 Å². The number of fused-ring (bicyclic) bond motifs is 1. The fourth-order valence-electron chi connectivity index (χ4n) is 3.37. The van der Waals surface area contributed by atoms with Gasteiger partial charge >= 0.3 is 5.97 Å². The number of para-hydroxylation sites is 1. The quantitative estimate of drug-likeness (QED) is 0.534. The lowest BCUT2D eigenvalue weighted by Gasteiger charge is -2.24. The number of rotatable bonds is 8. The third-order valence-electron chi connectivity index (χ3n) is 5.01. The highest BCUT2D eigenvalue weighted by Crippen LogP contribution is 2.27. The predicted molar refractivity (Wildman–Crippen MR) is 111 cm³/mol. The van der Waals surface area contributed by atoms with Crippen molar-refractivity contribution in [2.75, 3.05) is 11.9 Å². The number of carbonyl (C=O) groups excluding carboxylic acids is 4. The van der Waals surface area contributed by atoms with Crippen molar-refractivity contribution in [3.63, 3.8) is 0 Å². The summed E-state index contributed by atoms with van der Waals surface area (Å²) in [5, 5.41) is 2.69. The molecule has 7 nitrogen and oxygen atoms in total. The number of unbranched alkanes of at least 4 members (excludes halogenated alkanes) is 1. The van der Waals surface area contributed by atoms with E-state index in [4.69, 9.17) is 4.74 Å². The molecule has 7 heteroatoms. The first-order valence-corrected chi connectivity index (χ1v) is 9.93. The van der Waals surface area contributed by atoms with Crippen LogP contribution in [0.4, 0.5) is 5.69 Å². The van der Waals surface area contributed by atoms with E-state index in [1.165, 1.54) is 0 Å². The van der Waals surface area contributed by atoms with Crippen molar-refractivity contribution in [3.8, 4) is 0 Å². The van der Waals surface area contributed by atoms with E-state index in [9.17, 15) is 19.2 Å². The number of hydrogen-bond acceptors (Lipinski definition) is 5. The van der Waals surface area contributed by atoms with Crippen molar-refractivity contribution in [2.24, 2.45) is 0 Å². The van der Waals surface area contributed by atoms with Gasteiger partial charge in [0, 0.05) is 5.69 Å². The first-order chi connectivity index (χ1) is 14.4. The molecule has 3 amide bonds. The Hall–Kier alpha value is -3.48. The highest BCUT2D eigenvalue weighted by molar-refractivity contribution is 6.22. The molecule has 3 rings (SSSR count). The predicted octanol–water partition coefficient (Wildman–Crippen LogP) is 3.33. The highest BCUT2D eigenvalue weighted by Gasteiger charge is 2.43. The molecule has 0 saturated heterocycles. The number of imide groups is 1. The smallest absolute Gasteiger partial charge is 0.329 e. The van der Waals surface area contributed by atoms with Crippen molar-refractivity contribution in [1.29, 1.82) is 0 Å². The summed E-state index contributed by atoms with van der Waals surface area (Å²) in [6, 6.07) is 12.6. The number of nitrogens with zero attached hydrogens (tertiary/aromatic N) is 1. The van der Waals surface area contributed by atoms with E-state index in [1.807, 2.05) is 26.0 Å². The lowest BCUT2D eigenvalue weighted by Crippen LogP contribution is -2.46. The maximum atomic E-state index is 12.8. The molecular formula is C23H24N2O5. The van der Waals surface area contributed by atoms with Crippen LogP contribution in [0.5, 0.6) is 0 Å². The summed E-state index contributed by atoms with van der Waals surface area (Å²) in [6.07, 6.45) is 1.68. The molecule has 2 aromatic rings. The Morgan fingerprint density at radius 3 is 2.20 bits per heavy atom. The van der Waals surface area contributed by atoms with Gasteiger partial charge in [0.15, 0.2) is 6.61 Å². The van der Waals surface area contributed by atoms with Gasteiger partial charge in [0.2, 0.25) is 0 Å². The molecule has 0 bridgehead atoms. The van der Waals surface area contributed by atoms with Crippen molar-refractivity contribution in [1.82, 2.24) is 4.90 Å². The fraction of sp³-hybridized carbons (Fsp3) is 0.304. The molecule has 1 atom stereocenters. The zero-order valence-electron chi connectivity index (χ0n) is 17.0. The van der Waals surface area contributed by atoms with Crippen LogP contribution in [0, 0.1) is 6.92 Å². The minimum Gasteiger partial charge on any atom is -0.454 e. The maximum absolute atomic E-state index is 12.8. The summed E-state index contributed by atoms with van der Waals surface area (Å²) >= 11 is 0. The average molecular weight is 408 g/mol. The number of esters is 1. The molecule has 0 aromatic heterocycles. The molecule has 156 valence electrons. The van der Waals surface area contributed by atoms with Crippen molar-refractivity contribution >= 4 is 29.4 Å². The number of carbonyl (C=O) groups is 4. The Morgan fingerprint density at radius 2 is 1.60 bits per heavy atom. The Balaban J connectivity index is 1.69. The van der Waals surface area contributed by atoms with E-state index in [-0.39, 0.29) is 17.5 Å². The van der Waals surface area contributed by atoms with E-state index < -0.39 is 36.3 Å². The van der Waals surface area contributed by atoms with Gasteiger partial charge in [-0.15, -0.1) is 0 Å². The number of anilines is 1. The molecule has 1 N–H and O–H groups in total. The zero-order valence-corrected chi connectivity index (χ0v) is 17.0. The molecular weight excluding hydrogens is 384 g/mol. The second kappa shape index (κ2) is 9.35. The minimum atomic E-state index is -1.07. The highest BCUT2D eigenvalue weighted by atomic mass is 16.5. The van der Waals surface area contributed by atoms with E-state index in [0.717, 1.165) is 16.9 Å².